The first kappa shape index (κ1) is 21.4. The van der Waals surface area contributed by atoms with E-state index in [-0.39, 0.29) is 10.7 Å². The Bertz CT molecular complexity index is 1240. The van der Waals surface area contributed by atoms with Crippen molar-refractivity contribution < 1.29 is 14.3 Å². The maximum Gasteiger partial charge on any atom is 0.295 e. The summed E-state index contributed by atoms with van der Waals surface area (Å²) in [5.74, 6) is -0.868. The molecule has 3 heterocycles. The van der Waals surface area contributed by atoms with Gasteiger partial charge in [0.05, 0.1) is 41.5 Å². The number of carbonyl (C=O) groups is 2. The number of carbonyl (C=O) groups excluding carboxylic acids is 2. The Labute approximate surface area is 189 Å². The van der Waals surface area contributed by atoms with Crippen molar-refractivity contribution >= 4 is 39.9 Å². The molecule has 0 saturated carbocycles. The number of halogens is 1. The number of fused-ring (bicyclic) bond motifs is 1. The Morgan fingerprint density at radius 1 is 1.19 bits per heavy atom. The molecule has 8 nitrogen and oxygen atoms in total. The Morgan fingerprint density at radius 3 is 2.53 bits per heavy atom. The average Bonchev–Trinajstić information content (AvgIpc) is 3.29. The molecule has 4 rings (SSSR count). The maximum absolute atomic E-state index is 13.0. The largest absolute Gasteiger partial charge is 0.494 e. The summed E-state index contributed by atoms with van der Waals surface area (Å²) in [5, 5.41) is 9.84. The lowest BCUT2D eigenvalue weighted by atomic mass is 10.1. The van der Waals surface area contributed by atoms with Crippen molar-refractivity contribution in [2.24, 2.45) is 0 Å². The van der Waals surface area contributed by atoms with Gasteiger partial charge in [-0.1, -0.05) is 41.9 Å². The fourth-order valence-electron chi connectivity index (χ4n) is 3.86. The van der Waals surface area contributed by atoms with Crippen molar-refractivity contribution in [2.45, 2.75) is 0 Å². The third-order valence-corrected chi connectivity index (χ3v) is 5.75. The van der Waals surface area contributed by atoms with E-state index in [1.807, 2.05) is 35.2 Å². The fourth-order valence-corrected chi connectivity index (χ4v) is 4.05. The minimum atomic E-state index is -0.638. The van der Waals surface area contributed by atoms with E-state index < -0.39 is 11.7 Å². The first-order valence-electron chi connectivity index (χ1n) is 9.98. The SMILES string of the molecule is COc1cnc(Cl)c2[nH]cc(C(=O)C(=O)N3CCN(/C(=C\C#N)c4ccccc4)CC3)c12. The van der Waals surface area contributed by atoms with Crippen LogP contribution in [-0.2, 0) is 4.79 Å². The molecule has 0 spiro atoms. The summed E-state index contributed by atoms with van der Waals surface area (Å²) >= 11 is 6.12. The van der Waals surface area contributed by atoms with E-state index in [1.165, 1.54) is 30.5 Å². The predicted molar refractivity (Wildman–Crippen MR) is 120 cm³/mol. The number of ketones is 1. The molecule has 1 saturated heterocycles. The van der Waals surface area contributed by atoms with Crippen molar-refractivity contribution in [2.75, 3.05) is 33.3 Å². The number of nitriles is 1. The van der Waals surface area contributed by atoms with Crippen LogP contribution in [0.25, 0.3) is 16.6 Å². The van der Waals surface area contributed by atoms with Crippen molar-refractivity contribution in [1.29, 1.82) is 5.26 Å². The standard InChI is InChI=1S/C23H20ClN5O3/c1-32-18-14-27-22(24)20-19(18)16(13-26-20)21(30)23(31)29-11-9-28(10-12-29)17(7-8-25)15-5-3-2-4-6-15/h2-7,13-14,26H,9-12H2,1H3/b17-7-. The highest BCUT2D eigenvalue weighted by Gasteiger charge is 2.30. The van der Waals surface area contributed by atoms with Crippen LogP contribution in [0.3, 0.4) is 0 Å². The number of amides is 1. The number of nitrogens with zero attached hydrogens (tertiary/aromatic N) is 4. The molecule has 2 aromatic heterocycles. The molecule has 1 fully saturated rings. The van der Waals surface area contributed by atoms with Gasteiger partial charge in [-0.25, -0.2) is 4.98 Å². The van der Waals surface area contributed by atoms with Gasteiger partial charge in [-0.15, -0.1) is 0 Å². The number of benzene rings is 1. The van der Waals surface area contributed by atoms with E-state index in [1.54, 1.807) is 0 Å². The van der Waals surface area contributed by atoms with E-state index in [0.29, 0.717) is 42.8 Å². The van der Waals surface area contributed by atoms with Crippen LogP contribution in [0.4, 0.5) is 0 Å². The molecule has 1 amide bonds. The number of nitrogens with one attached hydrogen (secondary N) is 1. The van der Waals surface area contributed by atoms with Crippen LogP contribution in [0.15, 0.2) is 48.8 Å². The summed E-state index contributed by atoms with van der Waals surface area (Å²) in [6.07, 6.45) is 4.39. The number of ether oxygens (including phenoxy) is 1. The molecule has 0 atom stereocenters. The van der Waals surface area contributed by atoms with Gasteiger partial charge < -0.3 is 19.5 Å². The van der Waals surface area contributed by atoms with Gasteiger partial charge in [-0.3, -0.25) is 9.59 Å². The minimum absolute atomic E-state index is 0.193. The van der Waals surface area contributed by atoms with Crippen LogP contribution in [-0.4, -0.2) is 64.7 Å². The average molecular weight is 450 g/mol. The Balaban J connectivity index is 1.51. The van der Waals surface area contributed by atoms with Gasteiger partial charge in [0.1, 0.15) is 5.75 Å². The van der Waals surface area contributed by atoms with Crippen LogP contribution in [0.1, 0.15) is 15.9 Å². The fraction of sp³-hybridized carbons (Fsp3) is 0.217. The second-order valence-electron chi connectivity index (χ2n) is 7.20. The first-order chi connectivity index (χ1) is 15.5. The summed E-state index contributed by atoms with van der Waals surface area (Å²) in [6.45, 7) is 1.74. The molecule has 1 aliphatic rings. The molecule has 162 valence electrons. The zero-order valence-electron chi connectivity index (χ0n) is 17.3. The third kappa shape index (κ3) is 3.90. The number of piperazine rings is 1. The quantitative estimate of drug-likeness (QED) is 0.278. The summed E-state index contributed by atoms with van der Waals surface area (Å²) in [5.41, 5.74) is 2.38. The lowest BCUT2D eigenvalue weighted by Gasteiger charge is -2.37. The first-order valence-corrected chi connectivity index (χ1v) is 10.4. The molecular formula is C23H20ClN5O3. The summed E-state index contributed by atoms with van der Waals surface area (Å²) in [4.78, 5) is 36.5. The molecule has 0 radical (unpaired) electrons. The zero-order valence-corrected chi connectivity index (χ0v) is 18.1. The lowest BCUT2D eigenvalue weighted by Crippen LogP contribution is -2.49. The van der Waals surface area contributed by atoms with Gasteiger partial charge in [0.2, 0.25) is 0 Å². The van der Waals surface area contributed by atoms with Crippen LogP contribution >= 0.6 is 11.6 Å². The number of hydrogen-bond donors (Lipinski definition) is 1. The molecule has 0 unspecified atom stereocenters. The number of Topliss-reactive ketones (excluding diaryl/α,β-unsaturated/α-hetero) is 1. The molecular weight excluding hydrogens is 430 g/mol. The number of aromatic amines is 1. The summed E-state index contributed by atoms with van der Waals surface area (Å²) in [7, 11) is 1.46. The molecule has 0 bridgehead atoms. The number of rotatable bonds is 5. The van der Waals surface area contributed by atoms with Gasteiger partial charge in [0.15, 0.2) is 5.15 Å². The van der Waals surface area contributed by atoms with Crippen molar-refractivity contribution in [1.82, 2.24) is 19.8 Å². The number of methoxy groups -OCH3 is 1. The van der Waals surface area contributed by atoms with E-state index in [2.05, 4.69) is 16.0 Å². The van der Waals surface area contributed by atoms with Crippen LogP contribution < -0.4 is 4.74 Å². The molecule has 1 aliphatic heterocycles. The molecule has 1 N–H and O–H groups in total. The molecule has 0 aliphatic carbocycles. The predicted octanol–water partition coefficient (Wildman–Crippen LogP) is 3.12. The summed E-state index contributed by atoms with van der Waals surface area (Å²) < 4.78 is 5.30. The number of aromatic nitrogens is 2. The number of hydrogen-bond acceptors (Lipinski definition) is 6. The molecule has 32 heavy (non-hydrogen) atoms. The summed E-state index contributed by atoms with van der Waals surface area (Å²) in [6, 6.07) is 11.7. The highest BCUT2D eigenvalue weighted by molar-refractivity contribution is 6.45. The minimum Gasteiger partial charge on any atom is -0.494 e. The van der Waals surface area contributed by atoms with Gasteiger partial charge in [0.25, 0.3) is 11.7 Å². The van der Waals surface area contributed by atoms with Gasteiger partial charge in [-0.05, 0) is 5.56 Å². The molecule has 9 heteroatoms. The third-order valence-electron chi connectivity index (χ3n) is 5.47. The second kappa shape index (κ2) is 9.12. The van der Waals surface area contributed by atoms with Gasteiger partial charge in [-0.2, -0.15) is 5.26 Å². The normalized spacial score (nSPS) is 14.3. The van der Waals surface area contributed by atoms with Crippen LogP contribution in [0.5, 0.6) is 5.75 Å². The monoisotopic (exact) mass is 449 g/mol. The van der Waals surface area contributed by atoms with Gasteiger partial charge in [0, 0.05) is 38.5 Å². The maximum atomic E-state index is 13.0. The van der Waals surface area contributed by atoms with Crippen molar-refractivity contribution in [3.63, 3.8) is 0 Å². The highest BCUT2D eigenvalue weighted by Crippen LogP contribution is 2.32. The molecule has 1 aromatic carbocycles. The smallest absolute Gasteiger partial charge is 0.295 e. The number of allylic oxidation sites excluding steroid dienone is 1. The molecule has 3 aromatic rings. The van der Waals surface area contributed by atoms with E-state index in [9.17, 15) is 14.9 Å². The second-order valence-corrected chi connectivity index (χ2v) is 7.56. The van der Waals surface area contributed by atoms with Crippen LogP contribution in [0, 0.1) is 11.3 Å². The zero-order chi connectivity index (χ0) is 22.7. The Kier molecular flexibility index (Phi) is 6.10. The van der Waals surface area contributed by atoms with E-state index in [4.69, 9.17) is 16.3 Å². The van der Waals surface area contributed by atoms with E-state index in [0.717, 1.165) is 11.3 Å². The Morgan fingerprint density at radius 2 is 1.88 bits per heavy atom. The lowest BCUT2D eigenvalue weighted by molar-refractivity contribution is -0.127. The Hall–Kier alpha value is -3.83. The number of pyridine rings is 1. The topological polar surface area (TPSA) is 102 Å². The van der Waals surface area contributed by atoms with Crippen molar-refractivity contribution in [3.8, 4) is 11.8 Å². The van der Waals surface area contributed by atoms with Crippen molar-refractivity contribution in [3.05, 3.63) is 65.1 Å². The highest BCUT2D eigenvalue weighted by atomic mass is 35.5. The van der Waals surface area contributed by atoms with Gasteiger partial charge >= 0.3 is 0 Å². The number of H-pyrrole nitrogens is 1. The van der Waals surface area contributed by atoms with E-state index >= 15 is 0 Å². The van der Waals surface area contributed by atoms with Crippen LogP contribution in [0.2, 0.25) is 5.15 Å².